The first-order valence-corrected chi connectivity index (χ1v) is 7.70. The van der Waals surface area contributed by atoms with Crippen LogP contribution in [0.2, 0.25) is 10.0 Å². The average molecular weight is 404 g/mol. The zero-order chi connectivity index (χ0) is 15.6. The zero-order valence-corrected chi connectivity index (χ0v) is 14.4. The molecule has 0 unspecified atom stereocenters. The van der Waals surface area contributed by atoms with E-state index in [9.17, 15) is 4.79 Å². The molecule has 0 heterocycles. The van der Waals surface area contributed by atoms with Crippen LogP contribution in [-0.2, 0) is 0 Å². The fraction of sp³-hybridized carbons (Fsp3) is 0. The molecule has 0 fully saturated rings. The molecule has 0 radical (unpaired) electrons. The number of benzene rings is 2. The van der Waals surface area contributed by atoms with Gasteiger partial charge < -0.3 is 11.1 Å². The van der Waals surface area contributed by atoms with Gasteiger partial charge in [-0.2, -0.15) is 0 Å². The van der Waals surface area contributed by atoms with E-state index >= 15 is 0 Å². The zero-order valence-electron chi connectivity index (χ0n) is 10.5. The molecule has 0 bridgehead atoms. The normalized spacial score (nSPS) is 10.2. The second-order valence-corrected chi connectivity index (χ2v) is 6.19. The van der Waals surface area contributed by atoms with Gasteiger partial charge >= 0.3 is 0 Å². The maximum absolute atomic E-state index is 12.2. The van der Waals surface area contributed by atoms with E-state index in [4.69, 9.17) is 41.2 Å². The lowest BCUT2D eigenvalue weighted by Gasteiger charge is -2.10. The fourth-order valence-electron chi connectivity index (χ4n) is 1.64. The van der Waals surface area contributed by atoms with E-state index in [1.54, 1.807) is 36.4 Å². The van der Waals surface area contributed by atoms with Gasteiger partial charge in [-0.1, -0.05) is 41.5 Å². The molecule has 108 valence electrons. The van der Waals surface area contributed by atoms with Crippen LogP contribution in [0.4, 0.5) is 5.69 Å². The molecule has 2 rings (SSSR count). The van der Waals surface area contributed by atoms with E-state index in [0.29, 0.717) is 31.3 Å². The predicted molar refractivity (Wildman–Crippen MR) is 94.4 cm³/mol. The molecule has 0 aliphatic rings. The van der Waals surface area contributed by atoms with E-state index in [2.05, 4.69) is 21.2 Å². The molecular formula is C14H9BrCl2N2OS. The highest BCUT2D eigenvalue weighted by Crippen LogP contribution is 2.28. The number of hydrogen-bond acceptors (Lipinski definition) is 2. The molecule has 3 N–H and O–H groups in total. The van der Waals surface area contributed by atoms with Gasteiger partial charge in [0, 0.05) is 10.0 Å². The number of halogens is 3. The number of carbonyl (C=O) groups excluding carboxylic acids is 1. The number of thiocarbonyl (C=S) groups is 1. The van der Waals surface area contributed by atoms with Crippen LogP contribution >= 0.6 is 51.3 Å². The van der Waals surface area contributed by atoms with Crippen LogP contribution in [0, 0.1) is 0 Å². The first kappa shape index (κ1) is 16.2. The molecule has 7 heteroatoms. The molecular weight excluding hydrogens is 395 g/mol. The molecule has 0 spiro atoms. The number of rotatable bonds is 3. The van der Waals surface area contributed by atoms with E-state index in [1.165, 1.54) is 0 Å². The number of anilines is 1. The van der Waals surface area contributed by atoms with Gasteiger partial charge in [-0.25, -0.2) is 0 Å². The minimum Gasteiger partial charge on any atom is -0.389 e. The minimum absolute atomic E-state index is 0.241. The minimum atomic E-state index is -0.355. The highest BCUT2D eigenvalue weighted by Gasteiger charge is 2.14. The topological polar surface area (TPSA) is 55.1 Å². The van der Waals surface area contributed by atoms with Gasteiger partial charge in [-0.05, 0) is 46.3 Å². The van der Waals surface area contributed by atoms with Crippen molar-refractivity contribution in [2.24, 2.45) is 5.73 Å². The summed E-state index contributed by atoms with van der Waals surface area (Å²) in [6, 6.07) is 10.0. The Morgan fingerprint density at radius 2 is 1.95 bits per heavy atom. The van der Waals surface area contributed by atoms with Crippen molar-refractivity contribution < 1.29 is 4.79 Å². The van der Waals surface area contributed by atoms with E-state index in [0.717, 1.165) is 0 Å². The summed E-state index contributed by atoms with van der Waals surface area (Å²) in [6.45, 7) is 0. The third kappa shape index (κ3) is 3.74. The third-order valence-corrected chi connectivity index (χ3v) is 4.54. The number of carbonyl (C=O) groups is 1. The second kappa shape index (κ2) is 6.75. The first-order chi connectivity index (χ1) is 9.90. The van der Waals surface area contributed by atoms with Gasteiger partial charge in [-0.3, -0.25) is 4.79 Å². The van der Waals surface area contributed by atoms with E-state index < -0.39 is 0 Å². The smallest absolute Gasteiger partial charge is 0.257 e. The molecule has 21 heavy (non-hydrogen) atoms. The Morgan fingerprint density at radius 3 is 2.57 bits per heavy atom. The first-order valence-electron chi connectivity index (χ1n) is 5.75. The fourth-order valence-corrected chi connectivity index (χ4v) is 2.57. The predicted octanol–water partition coefficient (Wildman–Crippen LogP) is 4.64. The van der Waals surface area contributed by atoms with Gasteiger partial charge in [0.15, 0.2) is 0 Å². The van der Waals surface area contributed by atoms with Gasteiger partial charge in [0.2, 0.25) is 0 Å². The molecule has 0 saturated carbocycles. The van der Waals surface area contributed by atoms with Crippen molar-refractivity contribution in [1.82, 2.24) is 0 Å². The molecule has 3 nitrogen and oxygen atoms in total. The lowest BCUT2D eigenvalue weighted by molar-refractivity contribution is 0.102. The van der Waals surface area contributed by atoms with Crippen LogP contribution in [0.1, 0.15) is 15.9 Å². The van der Waals surface area contributed by atoms with Crippen LogP contribution in [0.3, 0.4) is 0 Å². The highest BCUT2D eigenvalue weighted by molar-refractivity contribution is 9.10. The summed E-state index contributed by atoms with van der Waals surface area (Å²) < 4.78 is 0.645. The Labute approximate surface area is 145 Å². The van der Waals surface area contributed by atoms with Crippen LogP contribution in [0.15, 0.2) is 40.9 Å². The standard InChI is InChI=1S/C14H9BrCl2N2OS/c15-9-3-1-2-8(12(9)17)14(20)19-11-5-4-7(13(18)21)6-10(11)16/h1-6H,(H2,18,21)(H,19,20). The molecule has 0 aliphatic heterocycles. The summed E-state index contributed by atoms with van der Waals surface area (Å²) in [4.78, 5) is 12.5. The summed E-state index contributed by atoms with van der Waals surface area (Å²) >= 11 is 20.3. The van der Waals surface area contributed by atoms with E-state index in [-0.39, 0.29) is 10.9 Å². The van der Waals surface area contributed by atoms with Crippen molar-refractivity contribution in [3.63, 3.8) is 0 Å². The van der Waals surface area contributed by atoms with Crippen molar-refractivity contribution in [2.45, 2.75) is 0 Å². The van der Waals surface area contributed by atoms with Gasteiger partial charge in [0.25, 0.3) is 5.91 Å². The van der Waals surface area contributed by atoms with Gasteiger partial charge in [-0.15, -0.1) is 0 Å². The second-order valence-electron chi connectivity index (χ2n) is 4.11. The van der Waals surface area contributed by atoms with Crippen molar-refractivity contribution in [2.75, 3.05) is 5.32 Å². The SMILES string of the molecule is NC(=S)c1ccc(NC(=O)c2cccc(Br)c2Cl)c(Cl)c1. The van der Waals surface area contributed by atoms with Crippen molar-refractivity contribution in [1.29, 1.82) is 0 Å². The quantitative estimate of drug-likeness (QED) is 0.733. The van der Waals surface area contributed by atoms with Gasteiger partial charge in [0.05, 0.1) is 21.3 Å². The highest BCUT2D eigenvalue weighted by atomic mass is 79.9. The van der Waals surface area contributed by atoms with Gasteiger partial charge in [0.1, 0.15) is 4.99 Å². The molecule has 2 aromatic carbocycles. The Bertz CT molecular complexity index is 737. The third-order valence-electron chi connectivity index (χ3n) is 2.70. The van der Waals surface area contributed by atoms with Crippen LogP contribution in [0.5, 0.6) is 0 Å². The van der Waals surface area contributed by atoms with Crippen molar-refractivity contribution in [3.05, 3.63) is 62.0 Å². The maximum Gasteiger partial charge on any atom is 0.257 e. The summed E-state index contributed by atoms with van der Waals surface area (Å²) in [7, 11) is 0. The number of hydrogen-bond donors (Lipinski definition) is 2. The van der Waals surface area contributed by atoms with Crippen molar-refractivity contribution >= 4 is 67.9 Å². The van der Waals surface area contributed by atoms with Crippen molar-refractivity contribution in [3.8, 4) is 0 Å². The van der Waals surface area contributed by atoms with Crippen LogP contribution in [0.25, 0.3) is 0 Å². The molecule has 0 atom stereocenters. The monoisotopic (exact) mass is 402 g/mol. The Hall–Kier alpha value is -1.14. The summed E-state index contributed by atoms with van der Waals surface area (Å²) in [6.07, 6.45) is 0. The number of nitrogens with two attached hydrogens (primary N) is 1. The number of nitrogens with one attached hydrogen (secondary N) is 1. The lowest BCUT2D eigenvalue weighted by atomic mass is 10.2. The molecule has 2 aromatic rings. The Balaban J connectivity index is 2.28. The molecule has 0 aromatic heterocycles. The largest absolute Gasteiger partial charge is 0.389 e. The average Bonchev–Trinajstić information content (AvgIpc) is 2.43. The molecule has 0 aliphatic carbocycles. The van der Waals surface area contributed by atoms with E-state index in [1.807, 2.05) is 0 Å². The molecule has 1 amide bonds. The Morgan fingerprint density at radius 1 is 1.24 bits per heavy atom. The van der Waals surface area contributed by atoms with Crippen LogP contribution < -0.4 is 11.1 Å². The van der Waals surface area contributed by atoms with Crippen LogP contribution in [-0.4, -0.2) is 10.9 Å². The summed E-state index contributed by atoms with van der Waals surface area (Å²) in [5.74, 6) is -0.355. The molecule has 0 saturated heterocycles. The summed E-state index contributed by atoms with van der Waals surface area (Å²) in [5, 5.41) is 3.39. The Kier molecular flexibility index (Phi) is 5.22. The maximum atomic E-state index is 12.2. The summed E-state index contributed by atoms with van der Waals surface area (Å²) in [5.41, 5.74) is 6.96. The lowest BCUT2D eigenvalue weighted by Crippen LogP contribution is -2.14. The number of amides is 1.